The van der Waals surface area contributed by atoms with Gasteiger partial charge in [0.1, 0.15) is 10.3 Å². The lowest BCUT2D eigenvalue weighted by atomic mass is 10.2. The van der Waals surface area contributed by atoms with Crippen LogP contribution in [0.3, 0.4) is 0 Å². The molecule has 108 valence electrons. The van der Waals surface area contributed by atoms with Gasteiger partial charge < -0.3 is 4.42 Å². The van der Waals surface area contributed by atoms with Gasteiger partial charge in [-0.1, -0.05) is 39.4 Å². The highest BCUT2D eigenvalue weighted by molar-refractivity contribution is 9.10. The molecule has 1 aromatic carbocycles. The standard InChI is InChI=1S/C15H8BrN3O2S/c16-10-5-3-9(4-6-10)13-17-15-19(18-13)14(20)12(22-15)8-11-2-1-7-21-11/h1-8H/b12-8-. The average molecular weight is 374 g/mol. The number of rotatable bonds is 2. The fourth-order valence-corrected chi connectivity index (χ4v) is 3.21. The van der Waals surface area contributed by atoms with E-state index in [-0.39, 0.29) is 5.56 Å². The SMILES string of the molecule is O=c1/c(=C/c2ccco2)sc2nc(-c3ccc(Br)cc3)nn12. The largest absolute Gasteiger partial charge is 0.465 e. The molecule has 5 nitrogen and oxygen atoms in total. The number of hydrogen-bond donors (Lipinski definition) is 0. The second-order valence-corrected chi connectivity index (χ2v) is 6.49. The lowest BCUT2D eigenvalue weighted by Gasteiger charge is -1.94. The Kier molecular flexibility index (Phi) is 3.16. The molecule has 3 heterocycles. The quantitative estimate of drug-likeness (QED) is 0.541. The molecule has 0 amide bonds. The number of hydrogen-bond acceptors (Lipinski definition) is 5. The fraction of sp³-hybridized carbons (Fsp3) is 0. The lowest BCUT2D eigenvalue weighted by Crippen LogP contribution is -2.23. The smallest absolute Gasteiger partial charge is 0.291 e. The van der Waals surface area contributed by atoms with Crippen LogP contribution in [0.4, 0.5) is 0 Å². The summed E-state index contributed by atoms with van der Waals surface area (Å²) in [4.78, 5) is 17.3. The highest BCUT2D eigenvalue weighted by Crippen LogP contribution is 2.19. The molecule has 0 saturated heterocycles. The summed E-state index contributed by atoms with van der Waals surface area (Å²) in [6, 6.07) is 11.2. The molecule has 0 atom stereocenters. The Morgan fingerprint density at radius 2 is 2.05 bits per heavy atom. The van der Waals surface area contributed by atoms with Crippen LogP contribution in [0.25, 0.3) is 22.4 Å². The van der Waals surface area contributed by atoms with E-state index in [2.05, 4.69) is 26.0 Å². The summed E-state index contributed by atoms with van der Waals surface area (Å²) in [5, 5.41) is 4.30. The second kappa shape index (κ2) is 5.19. The van der Waals surface area contributed by atoms with E-state index in [1.807, 2.05) is 24.3 Å². The van der Waals surface area contributed by atoms with E-state index in [0.29, 0.717) is 21.1 Å². The van der Waals surface area contributed by atoms with E-state index in [1.54, 1.807) is 24.5 Å². The number of fused-ring (bicyclic) bond motifs is 1. The summed E-state index contributed by atoms with van der Waals surface area (Å²) >= 11 is 4.68. The van der Waals surface area contributed by atoms with Crippen molar-refractivity contribution < 1.29 is 4.42 Å². The molecule has 0 N–H and O–H groups in total. The van der Waals surface area contributed by atoms with E-state index in [4.69, 9.17) is 4.42 Å². The summed E-state index contributed by atoms with van der Waals surface area (Å²) in [6.45, 7) is 0. The van der Waals surface area contributed by atoms with E-state index >= 15 is 0 Å². The Morgan fingerprint density at radius 1 is 1.23 bits per heavy atom. The fourth-order valence-electron chi connectivity index (χ4n) is 2.06. The topological polar surface area (TPSA) is 60.4 Å². The van der Waals surface area contributed by atoms with E-state index < -0.39 is 0 Å². The Balaban J connectivity index is 1.84. The third-order valence-corrected chi connectivity index (χ3v) is 4.59. The van der Waals surface area contributed by atoms with Crippen LogP contribution < -0.4 is 10.1 Å². The van der Waals surface area contributed by atoms with Crippen molar-refractivity contribution in [2.45, 2.75) is 0 Å². The molecule has 0 aliphatic heterocycles. The number of aromatic nitrogens is 3. The van der Waals surface area contributed by atoms with Gasteiger partial charge in [-0.25, -0.2) is 0 Å². The molecule has 4 rings (SSSR count). The number of benzene rings is 1. The Bertz CT molecular complexity index is 1050. The third-order valence-electron chi connectivity index (χ3n) is 3.10. The molecular formula is C15H8BrN3O2S. The predicted octanol–water partition coefficient (Wildman–Crippen LogP) is 2.72. The van der Waals surface area contributed by atoms with Crippen LogP contribution in [0, 0.1) is 0 Å². The first-order chi connectivity index (χ1) is 10.7. The highest BCUT2D eigenvalue weighted by Gasteiger charge is 2.12. The van der Waals surface area contributed by atoms with Crippen LogP contribution >= 0.6 is 27.3 Å². The minimum absolute atomic E-state index is 0.188. The average Bonchev–Trinajstić information content (AvgIpc) is 3.21. The molecule has 3 aromatic heterocycles. The van der Waals surface area contributed by atoms with Gasteiger partial charge in [0.25, 0.3) is 5.56 Å². The summed E-state index contributed by atoms with van der Waals surface area (Å²) < 4.78 is 8.09. The van der Waals surface area contributed by atoms with Gasteiger partial charge in [-0.2, -0.15) is 9.50 Å². The first-order valence-corrected chi connectivity index (χ1v) is 8.02. The molecule has 0 radical (unpaired) electrons. The van der Waals surface area contributed by atoms with Gasteiger partial charge in [-0.05, 0) is 24.3 Å². The van der Waals surface area contributed by atoms with Gasteiger partial charge in [0.05, 0.1) is 6.26 Å². The van der Waals surface area contributed by atoms with Crippen molar-refractivity contribution in [3.63, 3.8) is 0 Å². The Morgan fingerprint density at radius 3 is 2.73 bits per heavy atom. The monoisotopic (exact) mass is 373 g/mol. The summed E-state index contributed by atoms with van der Waals surface area (Å²) in [7, 11) is 0. The zero-order chi connectivity index (χ0) is 15.1. The number of furan rings is 1. The van der Waals surface area contributed by atoms with Gasteiger partial charge in [-0.15, -0.1) is 5.10 Å². The summed E-state index contributed by atoms with van der Waals surface area (Å²) in [5.41, 5.74) is 0.683. The molecule has 0 spiro atoms. The second-order valence-electron chi connectivity index (χ2n) is 4.57. The van der Waals surface area contributed by atoms with E-state index in [0.717, 1.165) is 10.0 Å². The zero-order valence-corrected chi connectivity index (χ0v) is 13.5. The van der Waals surface area contributed by atoms with Crippen molar-refractivity contribution in [3.05, 3.63) is 67.8 Å². The Hall–Kier alpha value is -2.25. The molecule has 22 heavy (non-hydrogen) atoms. The van der Waals surface area contributed by atoms with Crippen molar-refractivity contribution in [1.82, 2.24) is 14.6 Å². The molecule has 7 heteroatoms. The highest BCUT2D eigenvalue weighted by atomic mass is 79.9. The molecule has 0 aliphatic rings. The number of thiazole rings is 1. The van der Waals surface area contributed by atoms with Crippen LogP contribution in [-0.4, -0.2) is 14.6 Å². The molecule has 0 bridgehead atoms. The zero-order valence-electron chi connectivity index (χ0n) is 11.1. The minimum Gasteiger partial charge on any atom is -0.465 e. The maximum atomic E-state index is 12.3. The number of halogens is 1. The van der Waals surface area contributed by atoms with Crippen molar-refractivity contribution in [1.29, 1.82) is 0 Å². The third kappa shape index (κ3) is 2.28. The molecule has 0 fully saturated rings. The van der Waals surface area contributed by atoms with Gasteiger partial charge in [0.15, 0.2) is 5.82 Å². The van der Waals surface area contributed by atoms with Crippen molar-refractivity contribution in [2.75, 3.05) is 0 Å². The van der Waals surface area contributed by atoms with Gasteiger partial charge in [-0.3, -0.25) is 4.79 Å². The number of nitrogens with zero attached hydrogens (tertiary/aromatic N) is 3. The van der Waals surface area contributed by atoms with Crippen LogP contribution in [0.15, 0.2) is 56.3 Å². The van der Waals surface area contributed by atoms with Crippen LogP contribution in [0.5, 0.6) is 0 Å². The molecule has 0 aliphatic carbocycles. The van der Waals surface area contributed by atoms with Crippen molar-refractivity contribution >= 4 is 38.3 Å². The first-order valence-electron chi connectivity index (χ1n) is 6.41. The van der Waals surface area contributed by atoms with E-state index in [1.165, 1.54) is 15.9 Å². The molecule has 0 saturated carbocycles. The Labute approximate surface area is 136 Å². The molecule has 4 aromatic rings. The molecular weight excluding hydrogens is 366 g/mol. The van der Waals surface area contributed by atoms with E-state index in [9.17, 15) is 4.79 Å². The van der Waals surface area contributed by atoms with Gasteiger partial charge in [0, 0.05) is 16.1 Å². The minimum atomic E-state index is -0.188. The van der Waals surface area contributed by atoms with Gasteiger partial charge >= 0.3 is 0 Å². The lowest BCUT2D eigenvalue weighted by molar-refractivity contribution is 0.556. The van der Waals surface area contributed by atoms with Crippen LogP contribution in [0.1, 0.15) is 5.76 Å². The normalized spacial score (nSPS) is 12.3. The van der Waals surface area contributed by atoms with Crippen LogP contribution in [-0.2, 0) is 0 Å². The van der Waals surface area contributed by atoms with Crippen molar-refractivity contribution in [2.24, 2.45) is 0 Å². The van der Waals surface area contributed by atoms with Crippen molar-refractivity contribution in [3.8, 4) is 11.4 Å². The van der Waals surface area contributed by atoms with Crippen LogP contribution in [0.2, 0.25) is 0 Å². The maximum absolute atomic E-state index is 12.3. The maximum Gasteiger partial charge on any atom is 0.291 e. The predicted molar refractivity (Wildman–Crippen MR) is 87.8 cm³/mol. The molecule has 0 unspecified atom stereocenters. The summed E-state index contributed by atoms with van der Waals surface area (Å²) in [6.07, 6.45) is 3.27. The first kappa shape index (κ1) is 13.4. The van der Waals surface area contributed by atoms with Gasteiger partial charge in [0.2, 0.25) is 4.96 Å². The summed E-state index contributed by atoms with van der Waals surface area (Å²) in [5.74, 6) is 1.18.